The molecular formula is C12H20O3. The minimum Gasteiger partial charge on any atom is -0.481 e. The summed E-state index contributed by atoms with van der Waals surface area (Å²) in [7, 11) is 0. The van der Waals surface area contributed by atoms with Gasteiger partial charge in [-0.1, -0.05) is 32.1 Å². The molecule has 0 radical (unpaired) electrons. The fourth-order valence-corrected chi connectivity index (χ4v) is 2.91. The van der Waals surface area contributed by atoms with E-state index in [-0.39, 0.29) is 12.0 Å². The summed E-state index contributed by atoms with van der Waals surface area (Å²) in [5.41, 5.74) is 0. The zero-order valence-electron chi connectivity index (χ0n) is 9.15. The van der Waals surface area contributed by atoms with Crippen molar-refractivity contribution in [3.8, 4) is 0 Å². The smallest absolute Gasteiger partial charge is 0.309 e. The molecule has 2 atom stereocenters. The average molecular weight is 212 g/mol. The summed E-state index contributed by atoms with van der Waals surface area (Å²) in [5.74, 6) is -0.205. The minimum atomic E-state index is -0.673. The Labute approximate surface area is 90.8 Å². The van der Waals surface area contributed by atoms with Crippen molar-refractivity contribution in [2.45, 2.75) is 51.0 Å². The molecule has 0 aromatic carbocycles. The van der Waals surface area contributed by atoms with Gasteiger partial charge >= 0.3 is 5.97 Å². The maximum absolute atomic E-state index is 11.0. The molecule has 2 rings (SSSR count). The summed E-state index contributed by atoms with van der Waals surface area (Å²) < 4.78 is 5.55. The van der Waals surface area contributed by atoms with Gasteiger partial charge in [-0.2, -0.15) is 0 Å². The van der Waals surface area contributed by atoms with Crippen LogP contribution in [0.1, 0.15) is 44.9 Å². The molecule has 0 aromatic rings. The average Bonchev–Trinajstić information content (AvgIpc) is 2.67. The van der Waals surface area contributed by atoms with Gasteiger partial charge in [0.2, 0.25) is 0 Å². The lowest BCUT2D eigenvalue weighted by molar-refractivity contribution is -0.143. The number of rotatable bonds is 3. The Hall–Kier alpha value is -0.570. The Morgan fingerprint density at radius 2 is 1.93 bits per heavy atom. The molecule has 0 aromatic heterocycles. The second-order valence-electron chi connectivity index (χ2n) is 4.88. The number of aliphatic carboxylic acids is 1. The molecule has 1 N–H and O–H groups in total. The van der Waals surface area contributed by atoms with Gasteiger partial charge in [0.15, 0.2) is 0 Å². The molecule has 86 valence electrons. The molecule has 0 spiro atoms. The van der Waals surface area contributed by atoms with E-state index in [9.17, 15) is 4.79 Å². The van der Waals surface area contributed by atoms with E-state index in [1.54, 1.807) is 0 Å². The standard InChI is InChI=1S/C12H20O3/c13-12(14)10-6-7-15-11(10)8-9-4-2-1-3-5-9/h9-11H,1-8H2,(H,13,14). The number of ether oxygens (including phenoxy) is 1. The first-order chi connectivity index (χ1) is 7.27. The van der Waals surface area contributed by atoms with Crippen molar-refractivity contribution in [3.05, 3.63) is 0 Å². The van der Waals surface area contributed by atoms with Crippen LogP contribution in [0.4, 0.5) is 0 Å². The second-order valence-corrected chi connectivity index (χ2v) is 4.88. The molecule has 2 unspecified atom stereocenters. The van der Waals surface area contributed by atoms with E-state index in [0.29, 0.717) is 18.9 Å². The second kappa shape index (κ2) is 4.97. The van der Waals surface area contributed by atoms with Crippen LogP contribution in [0.2, 0.25) is 0 Å². The van der Waals surface area contributed by atoms with Crippen molar-refractivity contribution in [1.29, 1.82) is 0 Å². The van der Waals surface area contributed by atoms with Gasteiger partial charge in [-0.05, 0) is 18.8 Å². The molecule has 1 aliphatic carbocycles. The van der Waals surface area contributed by atoms with Crippen LogP contribution < -0.4 is 0 Å². The van der Waals surface area contributed by atoms with Gasteiger partial charge < -0.3 is 9.84 Å². The number of carbonyl (C=O) groups is 1. The highest BCUT2D eigenvalue weighted by molar-refractivity contribution is 5.71. The van der Waals surface area contributed by atoms with E-state index in [4.69, 9.17) is 9.84 Å². The first-order valence-corrected chi connectivity index (χ1v) is 6.12. The Morgan fingerprint density at radius 1 is 1.20 bits per heavy atom. The summed E-state index contributed by atoms with van der Waals surface area (Å²) in [6.45, 7) is 0.633. The van der Waals surface area contributed by atoms with E-state index in [1.165, 1.54) is 32.1 Å². The van der Waals surface area contributed by atoms with Crippen LogP contribution in [-0.4, -0.2) is 23.8 Å². The molecule has 1 aliphatic heterocycles. The van der Waals surface area contributed by atoms with Crippen LogP contribution in [0.3, 0.4) is 0 Å². The summed E-state index contributed by atoms with van der Waals surface area (Å²) in [5, 5.41) is 9.03. The molecule has 1 heterocycles. The number of hydrogen-bond donors (Lipinski definition) is 1. The van der Waals surface area contributed by atoms with Crippen LogP contribution in [0, 0.1) is 11.8 Å². The molecule has 3 nitrogen and oxygen atoms in total. The molecular weight excluding hydrogens is 192 g/mol. The number of hydrogen-bond acceptors (Lipinski definition) is 2. The van der Waals surface area contributed by atoms with E-state index in [0.717, 1.165) is 6.42 Å². The van der Waals surface area contributed by atoms with Crippen molar-refractivity contribution in [2.75, 3.05) is 6.61 Å². The van der Waals surface area contributed by atoms with Crippen LogP contribution >= 0.6 is 0 Å². The molecule has 2 fully saturated rings. The predicted molar refractivity (Wildman–Crippen MR) is 56.7 cm³/mol. The zero-order chi connectivity index (χ0) is 10.7. The highest BCUT2D eigenvalue weighted by atomic mass is 16.5. The first kappa shape index (κ1) is 10.9. The Bertz CT molecular complexity index is 221. The predicted octanol–water partition coefficient (Wildman–Crippen LogP) is 2.45. The minimum absolute atomic E-state index is 0.00870. The maximum atomic E-state index is 11.0. The molecule has 2 aliphatic rings. The molecule has 1 saturated heterocycles. The van der Waals surface area contributed by atoms with Gasteiger partial charge in [0.1, 0.15) is 0 Å². The van der Waals surface area contributed by atoms with Crippen LogP contribution in [0.25, 0.3) is 0 Å². The Morgan fingerprint density at radius 3 is 2.60 bits per heavy atom. The third-order valence-corrected chi connectivity index (χ3v) is 3.82. The van der Waals surface area contributed by atoms with E-state index >= 15 is 0 Å². The first-order valence-electron chi connectivity index (χ1n) is 6.12. The SMILES string of the molecule is O=C(O)C1CCOC1CC1CCCCC1. The summed E-state index contributed by atoms with van der Waals surface area (Å²) >= 11 is 0. The number of carboxylic acids is 1. The summed E-state index contributed by atoms with van der Waals surface area (Å²) in [4.78, 5) is 11.0. The normalized spacial score (nSPS) is 33.1. The van der Waals surface area contributed by atoms with Gasteiger partial charge in [0, 0.05) is 6.61 Å². The fourth-order valence-electron chi connectivity index (χ4n) is 2.91. The molecule has 1 saturated carbocycles. The largest absolute Gasteiger partial charge is 0.481 e. The lowest BCUT2D eigenvalue weighted by atomic mass is 9.83. The van der Waals surface area contributed by atoms with Crippen LogP contribution in [0.5, 0.6) is 0 Å². The fraction of sp³-hybridized carbons (Fsp3) is 0.917. The zero-order valence-corrected chi connectivity index (χ0v) is 9.15. The van der Waals surface area contributed by atoms with Gasteiger partial charge in [0.25, 0.3) is 0 Å². The van der Waals surface area contributed by atoms with Gasteiger partial charge in [-0.15, -0.1) is 0 Å². The topological polar surface area (TPSA) is 46.5 Å². The monoisotopic (exact) mass is 212 g/mol. The third-order valence-electron chi connectivity index (χ3n) is 3.82. The Kier molecular flexibility index (Phi) is 3.62. The van der Waals surface area contributed by atoms with Crippen molar-refractivity contribution in [3.63, 3.8) is 0 Å². The maximum Gasteiger partial charge on any atom is 0.309 e. The van der Waals surface area contributed by atoms with Crippen molar-refractivity contribution in [2.24, 2.45) is 11.8 Å². The van der Waals surface area contributed by atoms with E-state index in [2.05, 4.69) is 0 Å². The number of carboxylic acid groups (broad SMARTS) is 1. The molecule has 15 heavy (non-hydrogen) atoms. The van der Waals surface area contributed by atoms with Crippen molar-refractivity contribution in [1.82, 2.24) is 0 Å². The molecule has 3 heteroatoms. The lowest BCUT2D eigenvalue weighted by Gasteiger charge is -2.25. The van der Waals surface area contributed by atoms with E-state index < -0.39 is 5.97 Å². The summed E-state index contributed by atoms with van der Waals surface area (Å²) in [6.07, 6.45) is 8.18. The Balaban J connectivity index is 1.84. The van der Waals surface area contributed by atoms with Crippen LogP contribution in [0.15, 0.2) is 0 Å². The molecule has 0 amide bonds. The third kappa shape index (κ3) is 2.71. The quantitative estimate of drug-likeness (QED) is 0.781. The van der Waals surface area contributed by atoms with Gasteiger partial charge in [-0.3, -0.25) is 4.79 Å². The van der Waals surface area contributed by atoms with E-state index in [1.807, 2.05) is 0 Å². The van der Waals surface area contributed by atoms with Crippen LogP contribution in [-0.2, 0) is 9.53 Å². The summed E-state index contributed by atoms with van der Waals surface area (Å²) in [6, 6.07) is 0. The van der Waals surface area contributed by atoms with Crippen molar-refractivity contribution >= 4 is 5.97 Å². The molecule has 0 bridgehead atoms. The van der Waals surface area contributed by atoms with Gasteiger partial charge in [-0.25, -0.2) is 0 Å². The highest BCUT2D eigenvalue weighted by Gasteiger charge is 2.35. The highest BCUT2D eigenvalue weighted by Crippen LogP contribution is 2.33. The van der Waals surface area contributed by atoms with Crippen molar-refractivity contribution < 1.29 is 14.6 Å². The lowest BCUT2D eigenvalue weighted by Crippen LogP contribution is -2.27. The van der Waals surface area contributed by atoms with Gasteiger partial charge in [0.05, 0.1) is 12.0 Å².